The van der Waals surface area contributed by atoms with Crippen LogP contribution in [0.5, 0.6) is 0 Å². The largest absolute Gasteiger partial charge is 0.388 e. The van der Waals surface area contributed by atoms with Gasteiger partial charge in [0.1, 0.15) is 0 Å². The molecule has 2 atom stereocenters. The van der Waals surface area contributed by atoms with E-state index in [9.17, 15) is 9.90 Å². The second kappa shape index (κ2) is 7.70. The van der Waals surface area contributed by atoms with E-state index in [2.05, 4.69) is 26.1 Å². The molecule has 0 spiro atoms. The molecule has 1 amide bonds. The second-order valence-electron chi connectivity index (χ2n) is 6.03. The van der Waals surface area contributed by atoms with Gasteiger partial charge in [-0.1, -0.05) is 51.1 Å². The maximum absolute atomic E-state index is 11.8. The van der Waals surface area contributed by atoms with E-state index in [0.717, 1.165) is 5.56 Å². The first-order valence-corrected chi connectivity index (χ1v) is 7.93. The van der Waals surface area contributed by atoms with E-state index in [1.165, 1.54) is 0 Å². The lowest BCUT2D eigenvalue weighted by molar-refractivity contribution is -0.119. The molecule has 0 unspecified atom stereocenters. The Morgan fingerprint density at radius 2 is 1.90 bits per heavy atom. The van der Waals surface area contributed by atoms with Crippen LogP contribution in [-0.2, 0) is 4.79 Å². The highest BCUT2D eigenvalue weighted by Crippen LogP contribution is 2.23. The molecule has 0 bridgehead atoms. The van der Waals surface area contributed by atoms with Gasteiger partial charge in [0.2, 0.25) is 5.91 Å². The van der Waals surface area contributed by atoms with E-state index in [-0.39, 0.29) is 16.7 Å². The van der Waals surface area contributed by atoms with Gasteiger partial charge < -0.3 is 10.4 Å². The van der Waals surface area contributed by atoms with Crippen LogP contribution in [0.15, 0.2) is 30.3 Å². The van der Waals surface area contributed by atoms with Crippen molar-refractivity contribution in [2.45, 2.75) is 51.0 Å². The second-order valence-corrected chi connectivity index (χ2v) is 7.83. The summed E-state index contributed by atoms with van der Waals surface area (Å²) < 4.78 is 0.0874. The Morgan fingerprint density at radius 3 is 2.45 bits per heavy atom. The fourth-order valence-electron chi connectivity index (χ4n) is 1.80. The zero-order chi connectivity index (χ0) is 15.2. The molecule has 20 heavy (non-hydrogen) atoms. The van der Waals surface area contributed by atoms with E-state index in [4.69, 9.17) is 0 Å². The summed E-state index contributed by atoms with van der Waals surface area (Å²) >= 11 is 1.62. The summed E-state index contributed by atoms with van der Waals surface area (Å²) in [6.07, 6.45) is -0.0163. The minimum Gasteiger partial charge on any atom is -0.388 e. The number of aliphatic hydroxyl groups excluding tert-OH is 1. The summed E-state index contributed by atoms with van der Waals surface area (Å²) in [5.74, 6) is 0.479. The number of carbonyl (C=O) groups excluding carboxylic acids is 1. The molecule has 0 aliphatic carbocycles. The molecule has 0 saturated heterocycles. The average Bonchev–Trinajstić information content (AvgIpc) is 2.36. The molecule has 0 heterocycles. The highest BCUT2D eigenvalue weighted by Gasteiger charge is 2.17. The van der Waals surface area contributed by atoms with Crippen LogP contribution in [-0.4, -0.2) is 27.6 Å². The first-order chi connectivity index (χ1) is 9.28. The Labute approximate surface area is 126 Å². The minimum atomic E-state index is -0.540. The molecule has 0 aromatic heterocycles. The Hall–Kier alpha value is -1.000. The normalized spacial score (nSPS) is 14.7. The molecule has 4 heteroatoms. The number of rotatable bonds is 6. The van der Waals surface area contributed by atoms with Crippen LogP contribution < -0.4 is 5.32 Å². The topological polar surface area (TPSA) is 49.3 Å². The van der Waals surface area contributed by atoms with Crippen LogP contribution in [0.3, 0.4) is 0 Å². The molecular formula is C16H25NO2S. The van der Waals surface area contributed by atoms with Crippen molar-refractivity contribution in [1.29, 1.82) is 0 Å². The summed E-state index contributed by atoms with van der Waals surface area (Å²) in [6, 6.07) is 9.48. The van der Waals surface area contributed by atoms with Crippen molar-refractivity contribution in [3.63, 3.8) is 0 Å². The van der Waals surface area contributed by atoms with Crippen LogP contribution in [0.2, 0.25) is 0 Å². The average molecular weight is 295 g/mol. The molecular weight excluding hydrogens is 270 g/mol. The van der Waals surface area contributed by atoms with Gasteiger partial charge in [0.25, 0.3) is 0 Å². The molecule has 0 aliphatic rings. The number of benzene rings is 1. The molecule has 0 fully saturated rings. The van der Waals surface area contributed by atoms with E-state index in [0.29, 0.717) is 12.2 Å². The van der Waals surface area contributed by atoms with Crippen LogP contribution in [0.25, 0.3) is 0 Å². The molecule has 1 aromatic rings. The van der Waals surface area contributed by atoms with Crippen LogP contribution >= 0.6 is 11.8 Å². The lowest BCUT2D eigenvalue weighted by atomic mass is 10.0. The van der Waals surface area contributed by atoms with Crippen molar-refractivity contribution in [1.82, 2.24) is 5.32 Å². The van der Waals surface area contributed by atoms with Gasteiger partial charge in [0.15, 0.2) is 0 Å². The third kappa shape index (κ3) is 6.96. The quantitative estimate of drug-likeness (QED) is 0.847. The van der Waals surface area contributed by atoms with Gasteiger partial charge in [-0.2, -0.15) is 0 Å². The van der Waals surface area contributed by atoms with Crippen LogP contribution in [0.4, 0.5) is 0 Å². The summed E-state index contributed by atoms with van der Waals surface area (Å²) in [7, 11) is 0. The fourth-order valence-corrected chi connectivity index (χ4v) is 2.45. The van der Waals surface area contributed by atoms with Gasteiger partial charge in [-0.25, -0.2) is 0 Å². The van der Waals surface area contributed by atoms with Crippen LogP contribution in [0.1, 0.15) is 45.8 Å². The Bertz CT molecular complexity index is 414. The number of hydrogen-bond acceptors (Lipinski definition) is 3. The molecule has 0 aliphatic heterocycles. The predicted molar refractivity (Wildman–Crippen MR) is 85.8 cm³/mol. The number of aliphatic hydroxyl groups is 1. The molecule has 1 aromatic carbocycles. The number of nitrogens with one attached hydrogen (secondary N) is 1. The minimum absolute atomic E-state index is 0.0256. The van der Waals surface area contributed by atoms with E-state index < -0.39 is 6.10 Å². The summed E-state index contributed by atoms with van der Waals surface area (Å²) in [4.78, 5) is 11.8. The lowest BCUT2D eigenvalue weighted by Gasteiger charge is -2.20. The zero-order valence-electron chi connectivity index (χ0n) is 12.7. The fraction of sp³-hybridized carbons (Fsp3) is 0.562. The number of amides is 1. The van der Waals surface area contributed by atoms with Crippen LogP contribution in [0, 0.1) is 0 Å². The zero-order valence-corrected chi connectivity index (χ0v) is 13.5. The van der Waals surface area contributed by atoms with E-state index in [1.54, 1.807) is 11.8 Å². The SMILES string of the molecule is C[C@@H](C[C@H](O)c1ccccc1)NC(=O)CSC(C)(C)C. The van der Waals surface area contributed by atoms with Crippen molar-refractivity contribution >= 4 is 17.7 Å². The van der Waals surface area contributed by atoms with Crippen molar-refractivity contribution in [2.24, 2.45) is 0 Å². The molecule has 112 valence electrons. The van der Waals surface area contributed by atoms with Gasteiger partial charge in [0, 0.05) is 10.8 Å². The standard InChI is InChI=1S/C16H25NO2S/c1-12(17-15(19)11-20-16(2,3)4)10-14(18)13-8-6-5-7-9-13/h5-9,12,14,18H,10-11H2,1-4H3,(H,17,19)/t12-,14-/m0/s1. The first-order valence-electron chi connectivity index (χ1n) is 6.94. The van der Waals surface area contributed by atoms with Crippen molar-refractivity contribution in [2.75, 3.05) is 5.75 Å². The van der Waals surface area contributed by atoms with Gasteiger partial charge in [-0.3, -0.25) is 4.79 Å². The summed E-state index contributed by atoms with van der Waals surface area (Å²) in [5, 5.41) is 13.0. The predicted octanol–water partition coefficient (Wildman–Crippen LogP) is 3.15. The Kier molecular flexibility index (Phi) is 6.56. The summed E-state index contributed by atoms with van der Waals surface area (Å²) in [5.41, 5.74) is 0.887. The van der Waals surface area contributed by atoms with Crippen molar-refractivity contribution in [3.05, 3.63) is 35.9 Å². The third-order valence-electron chi connectivity index (χ3n) is 2.80. The smallest absolute Gasteiger partial charge is 0.230 e. The lowest BCUT2D eigenvalue weighted by Crippen LogP contribution is -2.35. The number of thioether (sulfide) groups is 1. The molecule has 0 saturated carbocycles. The van der Waals surface area contributed by atoms with Gasteiger partial charge in [0.05, 0.1) is 11.9 Å². The Morgan fingerprint density at radius 1 is 1.30 bits per heavy atom. The van der Waals surface area contributed by atoms with Gasteiger partial charge in [-0.05, 0) is 18.9 Å². The molecule has 0 radical (unpaired) electrons. The van der Waals surface area contributed by atoms with Crippen molar-refractivity contribution in [3.8, 4) is 0 Å². The maximum Gasteiger partial charge on any atom is 0.230 e. The van der Waals surface area contributed by atoms with Crippen molar-refractivity contribution < 1.29 is 9.90 Å². The highest BCUT2D eigenvalue weighted by atomic mass is 32.2. The summed E-state index contributed by atoms with van der Waals surface area (Å²) in [6.45, 7) is 8.19. The Balaban J connectivity index is 2.36. The van der Waals surface area contributed by atoms with Gasteiger partial charge >= 0.3 is 0 Å². The molecule has 2 N–H and O–H groups in total. The number of carbonyl (C=O) groups is 1. The third-order valence-corrected chi connectivity index (χ3v) is 4.08. The van der Waals surface area contributed by atoms with E-state index >= 15 is 0 Å². The van der Waals surface area contributed by atoms with E-state index in [1.807, 2.05) is 37.3 Å². The maximum atomic E-state index is 11.8. The molecule has 3 nitrogen and oxygen atoms in total. The van der Waals surface area contributed by atoms with Gasteiger partial charge in [-0.15, -0.1) is 11.8 Å². The first kappa shape index (κ1) is 17.1. The molecule has 1 rings (SSSR count). The highest BCUT2D eigenvalue weighted by molar-refractivity contribution is 8.01. The number of hydrogen-bond donors (Lipinski definition) is 2. The monoisotopic (exact) mass is 295 g/mol.